The average molecular weight is 346 g/mol. The van der Waals surface area contributed by atoms with Gasteiger partial charge in [0.15, 0.2) is 0 Å². The van der Waals surface area contributed by atoms with Gasteiger partial charge in [-0.3, -0.25) is 0 Å². The molecule has 0 bridgehead atoms. The summed E-state index contributed by atoms with van der Waals surface area (Å²) in [5, 5.41) is 0. The number of unbranched alkanes of at least 4 members (excludes halogenated alkanes) is 12. The zero-order valence-corrected chi connectivity index (χ0v) is 17.0. The summed E-state index contributed by atoms with van der Waals surface area (Å²) in [6.45, 7) is 6.63. The summed E-state index contributed by atoms with van der Waals surface area (Å²) in [5.41, 5.74) is 0. The summed E-state index contributed by atoms with van der Waals surface area (Å²) in [7, 11) is 2.49. The number of likely N-dealkylation sites (tertiary alicyclic amines) is 1. The van der Waals surface area contributed by atoms with Crippen LogP contribution in [0.5, 0.6) is 0 Å². The van der Waals surface area contributed by atoms with E-state index in [1.165, 1.54) is 127 Å². The SMILES string of the molecule is CCCCCCCCCCCCCCC[N+]1(C)CCCCC1.[Cl-]. The van der Waals surface area contributed by atoms with Crippen LogP contribution < -0.4 is 12.4 Å². The predicted octanol–water partition coefficient (Wildman–Crippen LogP) is 3.71. The third-order valence-corrected chi connectivity index (χ3v) is 5.70. The standard InChI is InChI=1S/C21H44N.ClH/c1-3-4-5-6-7-8-9-10-11-12-13-14-16-19-22(2)20-17-15-18-21-22;/h3-21H2,1-2H3;1H/q+1;/p-1. The highest BCUT2D eigenvalue weighted by Crippen LogP contribution is 2.18. The van der Waals surface area contributed by atoms with E-state index >= 15 is 0 Å². The molecule has 0 radical (unpaired) electrons. The second kappa shape index (κ2) is 15.8. The molecule has 23 heavy (non-hydrogen) atoms. The lowest BCUT2D eigenvalue weighted by atomic mass is 10.0. The molecule has 0 spiro atoms. The number of rotatable bonds is 14. The minimum Gasteiger partial charge on any atom is -1.00 e. The summed E-state index contributed by atoms with van der Waals surface area (Å²) in [5.74, 6) is 0. The van der Waals surface area contributed by atoms with Gasteiger partial charge in [-0.15, -0.1) is 0 Å². The van der Waals surface area contributed by atoms with E-state index < -0.39 is 0 Å². The van der Waals surface area contributed by atoms with Gasteiger partial charge in [-0.25, -0.2) is 0 Å². The number of hydrogen-bond acceptors (Lipinski definition) is 0. The van der Waals surface area contributed by atoms with Crippen molar-refractivity contribution in [2.45, 2.75) is 110 Å². The molecule has 0 atom stereocenters. The van der Waals surface area contributed by atoms with Crippen molar-refractivity contribution in [3.05, 3.63) is 0 Å². The second-order valence-electron chi connectivity index (χ2n) is 8.09. The number of piperidine rings is 1. The first-order valence-corrected chi connectivity index (χ1v) is 10.6. The molecule has 0 aromatic carbocycles. The number of halogens is 1. The summed E-state index contributed by atoms with van der Waals surface area (Å²) in [4.78, 5) is 0. The monoisotopic (exact) mass is 345 g/mol. The van der Waals surface area contributed by atoms with Crippen LogP contribution in [0.2, 0.25) is 0 Å². The Morgan fingerprint density at radius 2 is 0.957 bits per heavy atom. The molecule has 0 N–H and O–H groups in total. The first-order chi connectivity index (χ1) is 10.8. The van der Waals surface area contributed by atoms with Crippen LogP contribution in [0.15, 0.2) is 0 Å². The quantitative estimate of drug-likeness (QED) is 0.332. The predicted molar refractivity (Wildman–Crippen MR) is 100 cm³/mol. The third-order valence-electron chi connectivity index (χ3n) is 5.70. The highest BCUT2D eigenvalue weighted by molar-refractivity contribution is 4.53. The topological polar surface area (TPSA) is 0 Å². The smallest absolute Gasteiger partial charge is 0.0784 e. The first kappa shape index (κ1) is 23.2. The summed E-state index contributed by atoms with van der Waals surface area (Å²) >= 11 is 0. The van der Waals surface area contributed by atoms with Crippen molar-refractivity contribution in [2.75, 3.05) is 26.7 Å². The maximum Gasteiger partial charge on any atom is 0.0784 e. The van der Waals surface area contributed by atoms with E-state index in [-0.39, 0.29) is 12.4 Å². The van der Waals surface area contributed by atoms with Gasteiger partial charge in [0, 0.05) is 0 Å². The lowest BCUT2D eigenvalue weighted by molar-refractivity contribution is -0.914. The summed E-state index contributed by atoms with van der Waals surface area (Å²) in [6, 6.07) is 0. The van der Waals surface area contributed by atoms with Gasteiger partial charge >= 0.3 is 0 Å². The molecule has 1 nitrogen and oxygen atoms in total. The van der Waals surface area contributed by atoms with E-state index in [2.05, 4.69) is 14.0 Å². The van der Waals surface area contributed by atoms with Crippen LogP contribution in [0, 0.1) is 0 Å². The van der Waals surface area contributed by atoms with Crippen LogP contribution in [-0.4, -0.2) is 31.2 Å². The molecule has 1 aliphatic rings. The molecular formula is C21H44ClN. The van der Waals surface area contributed by atoms with Crippen LogP contribution in [0.25, 0.3) is 0 Å². The molecule has 0 saturated carbocycles. The first-order valence-electron chi connectivity index (χ1n) is 10.6. The van der Waals surface area contributed by atoms with Crippen LogP contribution in [0.1, 0.15) is 110 Å². The Balaban J connectivity index is 0.00000484. The Kier molecular flexibility index (Phi) is 15.9. The third kappa shape index (κ3) is 13.2. The lowest BCUT2D eigenvalue weighted by Gasteiger charge is -2.37. The van der Waals surface area contributed by atoms with Gasteiger partial charge < -0.3 is 16.9 Å². The van der Waals surface area contributed by atoms with Gasteiger partial charge in [-0.1, -0.05) is 77.6 Å². The molecule has 1 aliphatic heterocycles. The van der Waals surface area contributed by atoms with E-state index in [1.807, 2.05) is 0 Å². The van der Waals surface area contributed by atoms with E-state index in [4.69, 9.17) is 0 Å². The van der Waals surface area contributed by atoms with Crippen molar-refractivity contribution >= 4 is 0 Å². The van der Waals surface area contributed by atoms with E-state index in [9.17, 15) is 0 Å². The maximum atomic E-state index is 2.49. The number of quaternary nitrogens is 1. The fraction of sp³-hybridized carbons (Fsp3) is 1.00. The molecule has 1 saturated heterocycles. The zero-order chi connectivity index (χ0) is 15.9. The van der Waals surface area contributed by atoms with Gasteiger partial charge in [0.1, 0.15) is 0 Å². The molecule has 0 aromatic rings. The average Bonchev–Trinajstić information content (AvgIpc) is 2.52. The molecule has 1 rings (SSSR count). The van der Waals surface area contributed by atoms with Gasteiger partial charge in [-0.05, 0) is 32.1 Å². The van der Waals surface area contributed by atoms with Crippen molar-refractivity contribution in [2.24, 2.45) is 0 Å². The Morgan fingerprint density at radius 3 is 1.39 bits per heavy atom. The van der Waals surface area contributed by atoms with Crippen LogP contribution in [-0.2, 0) is 0 Å². The molecule has 0 amide bonds. The zero-order valence-electron chi connectivity index (χ0n) is 16.3. The highest BCUT2D eigenvalue weighted by atomic mass is 35.5. The highest BCUT2D eigenvalue weighted by Gasteiger charge is 2.23. The molecule has 1 heterocycles. The number of nitrogens with zero attached hydrogens (tertiary/aromatic N) is 1. The van der Waals surface area contributed by atoms with E-state index in [0.29, 0.717) is 0 Å². The summed E-state index contributed by atoms with van der Waals surface area (Å²) < 4.78 is 1.37. The van der Waals surface area contributed by atoms with Gasteiger partial charge in [0.25, 0.3) is 0 Å². The molecular weight excluding hydrogens is 302 g/mol. The second-order valence-corrected chi connectivity index (χ2v) is 8.09. The summed E-state index contributed by atoms with van der Waals surface area (Å²) in [6.07, 6.45) is 23.5. The Labute approximate surface area is 153 Å². The Hall–Kier alpha value is 0.250. The molecule has 0 aliphatic carbocycles. The van der Waals surface area contributed by atoms with Gasteiger partial charge in [-0.2, -0.15) is 0 Å². The van der Waals surface area contributed by atoms with Gasteiger partial charge in [0.2, 0.25) is 0 Å². The van der Waals surface area contributed by atoms with E-state index in [0.717, 1.165) is 0 Å². The van der Waals surface area contributed by atoms with Crippen LogP contribution >= 0.6 is 0 Å². The minimum absolute atomic E-state index is 0. The largest absolute Gasteiger partial charge is 1.00 e. The molecule has 1 fully saturated rings. The van der Waals surface area contributed by atoms with Crippen molar-refractivity contribution < 1.29 is 16.9 Å². The maximum absolute atomic E-state index is 2.49. The van der Waals surface area contributed by atoms with Crippen LogP contribution in [0.4, 0.5) is 0 Å². The molecule has 0 unspecified atom stereocenters. The van der Waals surface area contributed by atoms with Crippen molar-refractivity contribution in [1.29, 1.82) is 0 Å². The van der Waals surface area contributed by atoms with Crippen LogP contribution in [0.3, 0.4) is 0 Å². The lowest BCUT2D eigenvalue weighted by Crippen LogP contribution is -3.00. The van der Waals surface area contributed by atoms with Crippen molar-refractivity contribution in [1.82, 2.24) is 0 Å². The minimum atomic E-state index is 0. The van der Waals surface area contributed by atoms with Crippen molar-refractivity contribution in [3.8, 4) is 0 Å². The molecule has 2 heteroatoms. The normalized spacial score (nSPS) is 17.0. The number of hydrogen-bond donors (Lipinski definition) is 0. The fourth-order valence-corrected chi connectivity index (χ4v) is 4.01. The van der Waals surface area contributed by atoms with Gasteiger partial charge in [0.05, 0.1) is 26.7 Å². The molecule has 0 aromatic heterocycles. The Morgan fingerprint density at radius 1 is 0.565 bits per heavy atom. The Bertz CT molecular complexity index is 236. The fourth-order valence-electron chi connectivity index (χ4n) is 4.01. The van der Waals surface area contributed by atoms with Crippen molar-refractivity contribution in [3.63, 3.8) is 0 Å². The van der Waals surface area contributed by atoms with E-state index in [1.54, 1.807) is 0 Å². The molecule has 140 valence electrons.